The number of hydrogen-bond acceptors (Lipinski definition) is 6. The molecule has 0 aromatic carbocycles. The summed E-state index contributed by atoms with van der Waals surface area (Å²) in [4.78, 5) is 5.55. The first-order chi connectivity index (χ1) is 11.0. The van der Waals surface area contributed by atoms with Crippen LogP contribution in [0.2, 0.25) is 0 Å². The van der Waals surface area contributed by atoms with Crippen LogP contribution in [0.4, 0.5) is 0 Å². The van der Waals surface area contributed by atoms with Gasteiger partial charge in [0.1, 0.15) is 6.61 Å². The molecule has 0 bridgehead atoms. The Kier molecular flexibility index (Phi) is 7.02. The molecule has 1 N–H and O–H groups in total. The number of nitrogens with zero attached hydrogens (tertiary/aromatic N) is 1. The van der Waals surface area contributed by atoms with Crippen LogP contribution in [0.3, 0.4) is 0 Å². The smallest absolute Gasteiger partial charge is 0.162 e. The fourth-order valence-electron chi connectivity index (χ4n) is 3.20. The fourth-order valence-corrected chi connectivity index (χ4v) is 3.20. The lowest BCUT2D eigenvalue weighted by Gasteiger charge is -2.28. The molecular formula is C17H29NO5. The third-order valence-electron chi connectivity index (χ3n) is 4.68. The van der Waals surface area contributed by atoms with Gasteiger partial charge in [-0.15, -0.1) is 0 Å². The number of hydrogen-bond donors (Lipinski definition) is 1. The van der Waals surface area contributed by atoms with Gasteiger partial charge in [-0.3, -0.25) is 0 Å². The number of aliphatic hydroxyl groups excluding tert-OH is 1. The largest absolute Gasteiger partial charge is 0.395 e. The second kappa shape index (κ2) is 8.78. The zero-order valence-electron chi connectivity index (χ0n) is 14.5. The summed E-state index contributed by atoms with van der Waals surface area (Å²) >= 11 is 0. The van der Waals surface area contributed by atoms with Gasteiger partial charge in [0.05, 0.1) is 24.3 Å². The lowest BCUT2D eigenvalue weighted by Crippen LogP contribution is -2.33. The van der Waals surface area contributed by atoms with Gasteiger partial charge < -0.3 is 24.2 Å². The van der Waals surface area contributed by atoms with Crippen LogP contribution in [0.5, 0.6) is 0 Å². The molecule has 0 aromatic rings. The van der Waals surface area contributed by atoms with Crippen LogP contribution in [-0.2, 0) is 19.0 Å². The summed E-state index contributed by atoms with van der Waals surface area (Å²) in [6.45, 7) is 6.99. The molecule has 2 rings (SSSR count). The van der Waals surface area contributed by atoms with Gasteiger partial charge >= 0.3 is 0 Å². The maximum atomic E-state index is 10.2. The molecule has 0 spiro atoms. The molecule has 2 aliphatic rings. The first-order valence-electron chi connectivity index (χ1n) is 8.35. The Balaban J connectivity index is 1.94. The van der Waals surface area contributed by atoms with Gasteiger partial charge in [0.25, 0.3) is 0 Å². The van der Waals surface area contributed by atoms with E-state index in [-0.39, 0.29) is 24.2 Å². The van der Waals surface area contributed by atoms with Gasteiger partial charge in [0.2, 0.25) is 0 Å². The van der Waals surface area contributed by atoms with Crippen LogP contribution in [0.1, 0.15) is 40.0 Å². The molecule has 0 aliphatic carbocycles. The highest BCUT2D eigenvalue weighted by atomic mass is 16.7. The zero-order valence-corrected chi connectivity index (χ0v) is 14.5. The lowest BCUT2D eigenvalue weighted by atomic mass is 9.86. The van der Waals surface area contributed by atoms with E-state index in [1.807, 2.05) is 13.8 Å². The Hall–Kier alpha value is -0.950. The van der Waals surface area contributed by atoms with Crippen molar-refractivity contribution in [1.29, 1.82) is 0 Å². The number of rotatable bonds is 4. The van der Waals surface area contributed by atoms with Crippen molar-refractivity contribution in [3.63, 3.8) is 0 Å². The topological polar surface area (TPSA) is 69.5 Å². The third kappa shape index (κ3) is 5.01. The van der Waals surface area contributed by atoms with E-state index >= 15 is 0 Å². The predicted molar refractivity (Wildman–Crippen MR) is 87.0 cm³/mol. The molecule has 6 heteroatoms. The van der Waals surface area contributed by atoms with Crippen LogP contribution in [0, 0.1) is 11.8 Å². The van der Waals surface area contributed by atoms with Crippen molar-refractivity contribution in [1.82, 2.24) is 0 Å². The van der Waals surface area contributed by atoms with E-state index in [2.05, 4.69) is 18.2 Å². The van der Waals surface area contributed by atoms with E-state index in [9.17, 15) is 5.11 Å². The van der Waals surface area contributed by atoms with Crippen LogP contribution < -0.4 is 0 Å². The van der Waals surface area contributed by atoms with Gasteiger partial charge in [-0.1, -0.05) is 23.7 Å². The summed E-state index contributed by atoms with van der Waals surface area (Å²) < 4.78 is 16.3. The summed E-state index contributed by atoms with van der Waals surface area (Å²) in [5, 5.41) is 14.4. The molecule has 2 fully saturated rings. The Bertz CT molecular complexity index is 437. The number of ether oxygens (including phenoxy) is 3. The Labute approximate surface area is 138 Å². The number of methoxy groups -OCH3 is 1. The van der Waals surface area contributed by atoms with Crippen LogP contribution in [0.15, 0.2) is 16.8 Å². The highest BCUT2D eigenvalue weighted by Gasteiger charge is 2.32. The second-order valence-electron chi connectivity index (χ2n) is 6.30. The van der Waals surface area contributed by atoms with Crippen molar-refractivity contribution < 1.29 is 24.2 Å². The number of oxime groups is 1. The van der Waals surface area contributed by atoms with Gasteiger partial charge in [0, 0.05) is 20.0 Å². The van der Waals surface area contributed by atoms with E-state index in [0.29, 0.717) is 19.6 Å². The van der Waals surface area contributed by atoms with Gasteiger partial charge in [-0.2, -0.15) is 0 Å². The van der Waals surface area contributed by atoms with Crippen molar-refractivity contribution in [2.24, 2.45) is 17.0 Å². The fraction of sp³-hybridized carbons (Fsp3) is 0.824. The second-order valence-corrected chi connectivity index (χ2v) is 6.30. The first kappa shape index (κ1) is 18.4. The molecule has 5 atom stereocenters. The van der Waals surface area contributed by atoms with Crippen LogP contribution in [-0.4, -0.2) is 49.8 Å². The SMILES string of the molecule is CC=C1CCOC(O)C(CON=C2CC(C)OC(OC)C2)C1C. The molecule has 0 radical (unpaired) electrons. The molecule has 2 saturated heterocycles. The quantitative estimate of drug-likeness (QED) is 0.634. The van der Waals surface area contributed by atoms with Crippen molar-refractivity contribution >= 4 is 5.71 Å². The monoisotopic (exact) mass is 327 g/mol. The van der Waals surface area contributed by atoms with Crippen molar-refractivity contribution in [3.8, 4) is 0 Å². The lowest BCUT2D eigenvalue weighted by molar-refractivity contribution is -0.155. The molecule has 132 valence electrons. The standard InChI is InChI=1S/C17H29NO5/c1-5-13-6-7-21-17(19)15(12(13)3)10-22-18-14-8-11(2)23-16(9-14)20-4/h5,11-12,15-17,19H,6-10H2,1-4H3. The maximum absolute atomic E-state index is 10.2. The molecule has 0 saturated carbocycles. The van der Waals surface area contributed by atoms with E-state index in [0.717, 1.165) is 18.6 Å². The zero-order chi connectivity index (χ0) is 16.8. The normalized spacial score (nSPS) is 39.4. The summed E-state index contributed by atoms with van der Waals surface area (Å²) in [6, 6.07) is 0. The minimum Gasteiger partial charge on any atom is -0.395 e. The molecule has 2 heterocycles. The van der Waals surface area contributed by atoms with Gasteiger partial charge in [0.15, 0.2) is 12.6 Å². The van der Waals surface area contributed by atoms with Crippen LogP contribution in [0.25, 0.3) is 0 Å². The molecule has 2 aliphatic heterocycles. The predicted octanol–water partition coefficient (Wildman–Crippen LogP) is 2.47. The highest BCUT2D eigenvalue weighted by molar-refractivity contribution is 5.85. The Morgan fingerprint density at radius 2 is 2.13 bits per heavy atom. The van der Waals surface area contributed by atoms with E-state index in [4.69, 9.17) is 19.0 Å². The molecule has 23 heavy (non-hydrogen) atoms. The Morgan fingerprint density at radius 1 is 1.35 bits per heavy atom. The van der Waals surface area contributed by atoms with E-state index < -0.39 is 6.29 Å². The molecule has 0 amide bonds. The van der Waals surface area contributed by atoms with E-state index in [1.165, 1.54) is 5.57 Å². The van der Waals surface area contributed by atoms with Crippen LogP contribution >= 0.6 is 0 Å². The summed E-state index contributed by atoms with van der Waals surface area (Å²) in [5.41, 5.74) is 2.22. The van der Waals surface area contributed by atoms with Gasteiger partial charge in [-0.05, 0) is 26.2 Å². The first-order valence-corrected chi connectivity index (χ1v) is 8.35. The molecule has 5 unspecified atom stereocenters. The number of aliphatic hydroxyl groups is 1. The summed E-state index contributed by atoms with van der Waals surface area (Å²) in [6.07, 6.45) is 3.29. The van der Waals surface area contributed by atoms with Gasteiger partial charge in [-0.25, -0.2) is 0 Å². The number of allylic oxidation sites excluding steroid dienone is 1. The summed E-state index contributed by atoms with van der Waals surface area (Å²) in [7, 11) is 1.63. The minimum atomic E-state index is -0.817. The molecule has 0 aromatic heterocycles. The third-order valence-corrected chi connectivity index (χ3v) is 4.68. The molecular weight excluding hydrogens is 298 g/mol. The average Bonchev–Trinajstić information content (AvgIpc) is 2.66. The van der Waals surface area contributed by atoms with E-state index in [1.54, 1.807) is 7.11 Å². The van der Waals surface area contributed by atoms with Crippen molar-refractivity contribution in [2.45, 2.75) is 58.7 Å². The molecule has 6 nitrogen and oxygen atoms in total. The maximum Gasteiger partial charge on any atom is 0.162 e. The average molecular weight is 327 g/mol. The van der Waals surface area contributed by atoms with Crippen molar-refractivity contribution in [2.75, 3.05) is 20.3 Å². The van der Waals surface area contributed by atoms with Crippen molar-refractivity contribution in [3.05, 3.63) is 11.6 Å². The minimum absolute atomic E-state index is 0.0661. The highest BCUT2D eigenvalue weighted by Crippen LogP contribution is 2.30. The Morgan fingerprint density at radius 3 is 2.83 bits per heavy atom. The summed E-state index contributed by atoms with van der Waals surface area (Å²) in [5.74, 6) is 0.0848.